The van der Waals surface area contributed by atoms with Gasteiger partial charge in [-0.05, 0) is 6.92 Å². The van der Waals surface area contributed by atoms with E-state index in [0.29, 0.717) is 38.3 Å². The van der Waals surface area contributed by atoms with Crippen LogP contribution >= 0.6 is 0 Å². The Labute approximate surface area is 117 Å². The molecule has 0 aliphatic carbocycles. The topological polar surface area (TPSA) is 79.4 Å². The first kappa shape index (κ1) is 14.4. The van der Waals surface area contributed by atoms with Gasteiger partial charge in [-0.2, -0.15) is 5.26 Å². The van der Waals surface area contributed by atoms with Gasteiger partial charge in [0.25, 0.3) is 5.69 Å². The lowest BCUT2D eigenvalue weighted by atomic mass is 9.91. The summed E-state index contributed by atoms with van der Waals surface area (Å²) in [6, 6.07) is 8.91. The molecule has 1 saturated heterocycles. The van der Waals surface area contributed by atoms with Crippen LogP contribution in [0, 0.1) is 21.4 Å². The molecule has 20 heavy (non-hydrogen) atoms. The molecule has 1 aliphatic rings. The highest BCUT2D eigenvalue weighted by Gasteiger charge is 2.35. The largest absolute Gasteiger partial charge is 0.379 e. The number of nitriles is 1. The van der Waals surface area contributed by atoms with E-state index in [2.05, 4.69) is 6.07 Å². The fraction of sp³-hybridized carbons (Fsp3) is 0.500. The minimum Gasteiger partial charge on any atom is -0.379 e. The van der Waals surface area contributed by atoms with E-state index < -0.39 is 10.5 Å². The third-order valence-corrected chi connectivity index (χ3v) is 3.67. The van der Waals surface area contributed by atoms with Gasteiger partial charge in [0, 0.05) is 31.1 Å². The van der Waals surface area contributed by atoms with Crippen molar-refractivity contribution in [3.63, 3.8) is 0 Å². The Morgan fingerprint density at radius 3 is 2.70 bits per heavy atom. The summed E-state index contributed by atoms with van der Waals surface area (Å²) in [4.78, 5) is 12.7. The quantitative estimate of drug-likeness (QED) is 0.618. The molecule has 0 amide bonds. The first-order chi connectivity index (χ1) is 9.57. The SMILES string of the molecule is CC(C#N)(Cc1ccccc1[N+](=O)[O-])N1CCOCC1. The Morgan fingerprint density at radius 1 is 1.45 bits per heavy atom. The van der Waals surface area contributed by atoms with Crippen molar-refractivity contribution in [3.05, 3.63) is 39.9 Å². The van der Waals surface area contributed by atoms with E-state index >= 15 is 0 Å². The van der Waals surface area contributed by atoms with Crippen molar-refractivity contribution in [1.82, 2.24) is 4.90 Å². The molecule has 0 aromatic heterocycles. The van der Waals surface area contributed by atoms with Crippen molar-refractivity contribution < 1.29 is 9.66 Å². The van der Waals surface area contributed by atoms with Gasteiger partial charge in [-0.15, -0.1) is 0 Å². The lowest BCUT2D eigenvalue weighted by molar-refractivity contribution is -0.385. The molecule has 1 heterocycles. The van der Waals surface area contributed by atoms with Crippen molar-refractivity contribution in [2.24, 2.45) is 0 Å². The summed E-state index contributed by atoms with van der Waals surface area (Å²) >= 11 is 0. The van der Waals surface area contributed by atoms with E-state index in [9.17, 15) is 15.4 Å². The minimum atomic E-state index is -0.754. The summed E-state index contributed by atoms with van der Waals surface area (Å²) in [7, 11) is 0. The zero-order valence-electron chi connectivity index (χ0n) is 11.4. The molecule has 1 aromatic carbocycles. The van der Waals surface area contributed by atoms with Gasteiger partial charge in [0.2, 0.25) is 0 Å². The van der Waals surface area contributed by atoms with Crippen LogP contribution in [0.15, 0.2) is 24.3 Å². The Kier molecular flexibility index (Phi) is 4.32. The number of morpholine rings is 1. The molecule has 1 unspecified atom stereocenters. The molecule has 6 heteroatoms. The number of benzene rings is 1. The monoisotopic (exact) mass is 275 g/mol. The molecule has 1 atom stereocenters. The molecule has 1 aromatic rings. The average Bonchev–Trinajstić information content (AvgIpc) is 2.48. The predicted molar refractivity (Wildman–Crippen MR) is 73.2 cm³/mol. The molecule has 2 rings (SSSR count). The van der Waals surface area contributed by atoms with Gasteiger partial charge >= 0.3 is 0 Å². The second-order valence-electron chi connectivity index (χ2n) is 5.05. The predicted octanol–water partition coefficient (Wildman–Crippen LogP) is 1.75. The zero-order valence-corrected chi connectivity index (χ0v) is 11.4. The highest BCUT2D eigenvalue weighted by molar-refractivity contribution is 5.41. The fourth-order valence-corrected chi connectivity index (χ4v) is 2.49. The van der Waals surface area contributed by atoms with E-state index in [4.69, 9.17) is 4.74 Å². The number of hydrogen-bond donors (Lipinski definition) is 0. The molecule has 6 nitrogen and oxygen atoms in total. The molecule has 0 N–H and O–H groups in total. The lowest BCUT2D eigenvalue weighted by Gasteiger charge is -2.38. The van der Waals surface area contributed by atoms with Gasteiger partial charge in [0.15, 0.2) is 0 Å². The summed E-state index contributed by atoms with van der Waals surface area (Å²) in [5.41, 5.74) is -0.0918. The summed E-state index contributed by atoms with van der Waals surface area (Å²) in [5, 5.41) is 20.6. The third kappa shape index (κ3) is 2.95. The molecule has 0 bridgehead atoms. The van der Waals surface area contributed by atoms with Gasteiger partial charge in [0.05, 0.1) is 24.2 Å². The molecule has 0 radical (unpaired) electrons. The maximum atomic E-state index is 11.1. The maximum Gasteiger partial charge on any atom is 0.272 e. The van der Waals surface area contributed by atoms with Gasteiger partial charge in [-0.25, -0.2) is 0 Å². The minimum absolute atomic E-state index is 0.0715. The van der Waals surface area contributed by atoms with Crippen molar-refractivity contribution in [2.45, 2.75) is 18.9 Å². The zero-order chi connectivity index (χ0) is 14.6. The van der Waals surface area contributed by atoms with Crippen LogP contribution in [0.5, 0.6) is 0 Å². The number of hydrogen-bond acceptors (Lipinski definition) is 5. The van der Waals surface area contributed by atoms with E-state index in [1.165, 1.54) is 6.07 Å². The Morgan fingerprint density at radius 2 is 2.10 bits per heavy atom. The fourth-order valence-electron chi connectivity index (χ4n) is 2.49. The first-order valence-electron chi connectivity index (χ1n) is 6.53. The smallest absolute Gasteiger partial charge is 0.272 e. The van der Waals surface area contributed by atoms with Crippen molar-refractivity contribution in [3.8, 4) is 6.07 Å². The maximum absolute atomic E-state index is 11.1. The molecular formula is C14H17N3O3. The van der Waals surface area contributed by atoms with E-state index in [-0.39, 0.29) is 5.69 Å². The van der Waals surface area contributed by atoms with Crippen LogP contribution in [-0.2, 0) is 11.2 Å². The highest BCUT2D eigenvalue weighted by Crippen LogP contribution is 2.27. The van der Waals surface area contributed by atoms with Crippen molar-refractivity contribution >= 4 is 5.69 Å². The van der Waals surface area contributed by atoms with Crippen LogP contribution in [0.25, 0.3) is 0 Å². The second-order valence-corrected chi connectivity index (χ2v) is 5.05. The standard InChI is InChI=1S/C14H17N3O3/c1-14(11-15,16-6-8-20-9-7-16)10-12-4-2-3-5-13(12)17(18)19/h2-5H,6-10H2,1H3. The second kappa shape index (κ2) is 5.99. The molecular weight excluding hydrogens is 258 g/mol. The normalized spacial score (nSPS) is 19.0. The van der Waals surface area contributed by atoms with Gasteiger partial charge in [-0.1, -0.05) is 18.2 Å². The van der Waals surface area contributed by atoms with Crippen molar-refractivity contribution in [2.75, 3.05) is 26.3 Å². The average molecular weight is 275 g/mol. The number of nitrogens with zero attached hydrogens (tertiary/aromatic N) is 3. The van der Waals surface area contributed by atoms with Crippen LogP contribution in [0.2, 0.25) is 0 Å². The Balaban J connectivity index is 2.26. The Bertz CT molecular complexity index is 535. The summed E-state index contributed by atoms with van der Waals surface area (Å²) in [5.74, 6) is 0. The number of ether oxygens (including phenoxy) is 1. The molecule has 1 fully saturated rings. The molecule has 106 valence electrons. The summed E-state index contributed by atoms with van der Waals surface area (Å²) in [6.07, 6.45) is 0.334. The van der Waals surface area contributed by atoms with Gasteiger partial charge in [-0.3, -0.25) is 15.0 Å². The lowest BCUT2D eigenvalue weighted by Crippen LogP contribution is -2.52. The molecule has 0 saturated carbocycles. The first-order valence-corrected chi connectivity index (χ1v) is 6.53. The van der Waals surface area contributed by atoms with Crippen molar-refractivity contribution in [1.29, 1.82) is 5.26 Å². The summed E-state index contributed by atoms with van der Waals surface area (Å²) in [6.45, 7) is 4.35. The molecule has 1 aliphatic heterocycles. The highest BCUT2D eigenvalue weighted by atomic mass is 16.6. The van der Waals surface area contributed by atoms with Crippen LogP contribution < -0.4 is 0 Å². The van der Waals surface area contributed by atoms with Crippen LogP contribution in [0.4, 0.5) is 5.69 Å². The van der Waals surface area contributed by atoms with Crippen LogP contribution in [0.1, 0.15) is 12.5 Å². The summed E-state index contributed by atoms with van der Waals surface area (Å²) < 4.78 is 5.29. The molecule has 0 spiro atoms. The van der Waals surface area contributed by atoms with E-state index in [0.717, 1.165) is 0 Å². The van der Waals surface area contributed by atoms with Crippen LogP contribution in [0.3, 0.4) is 0 Å². The Hall–Kier alpha value is -1.97. The van der Waals surface area contributed by atoms with E-state index in [1.807, 2.05) is 11.8 Å². The number of nitro benzene ring substituents is 1. The van der Waals surface area contributed by atoms with Gasteiger partial charge < -0.3 is 4.74 Å². The van der Waals surface area contributed by atoms with Gasteiger partial charge in [0.1, 0.15) is 5.54 Å². The third-order valence-electron chi connectivity index (χ3n) is 3.67. The van der Waals surface area contributed by atoms with E-state index in [1.54, 1.807) is 18.2 Å². The number of nitro groups is 1. The van der Waals surface area contributed by atoms with Crippen LogP contribution in [-0.4, -0.2) is 41.7 Å². The number of rotatable bonds is 4. The number of para-hydroxylation sites is 1.